The molecule has 0 amide bonds. The SMILES string of the molecule is O=C(O)C1=Nc2c(O[C@@H]3O[C@H](CO)[C@@H](O)[C@H](O)[C@H]3O)cccc2C(=O)C1. The van der Waals surface area contributed by atoms with E-state index in [0.29, 0.717) is 0 Å². The van der Waals surface area contributed by atoms with Gasteiger partial charge >= 0.3 is 5.97 Å². The first-order valence-electron chi connectivity index (χ1n) is 7.77. The van der Waals surface area contributed by atoms with Crippen molar-refractivity contribution in [3.05, 3.63) is 23.8 Å². The molecule has 0 saturated carbocycles. The Kier molecular flexibility index (Phi) is 5.03. The van der Waals surface area contributed by atoms with Crippen LogP contribution in [0.15, 0.2) is 23.2 Å². The minimum absolute atomic E-state index is 0.0295. The number of ketones is 1. The summed E-state index contributed by atoms with van der Waals surface area (Å²) in [6.45, 7) is -0.627. The minimum atomic E-state index is -1.65. The molecule has 0 radical (unpaired) electrons. The van der Waals surface area contributed by atoms with E-state index in [4.69, 9.17) is 14.6 Å². The van der Waals surface area contributed by atoms with Gasteiger partial charge in [0, 0.05) is 5.56 Å². The zero-order valence-corrected chi connectivity index (χ0v) is 13.3. The fourth-order valence-corrected chi connectivity index (χ4v) is 2.79. The lowest BCUT2D eigenvalue weighted by Crippen LogP contribution is -2.60. The maximum atomic E-state index is 12.1. The molecule has 140 valence electrons. The van der Waals surface area contributed by atoms with Crippen molar-refractivity contribution in [3.63, 3.8) is 0 Å². The molecule has 0 aromatic heterocycles. The number of Topliss-reactive ketones (excluding diaryl/α,β-unsaturated/α-hetero) is 1. The zero-order chi connectivity index (χ0) is 19.0. The molecule has 2 heterocycles. The lowest BCUT2D eigenvalue weighted by molar-refractivity contribution is -0.277. The Morgan fingerprint density at radius 3 is 2.62 bits per heavy atom. The number of para-hydroxylation sites is 1. The first-order chi connectivity index (χ1) is 12.3. The van der Waals surface area contributed by atoms with Crippen LogP contribution in [0.25, 0.3) is 0 Å². The summed E-state index contributed by atoms with van der Waals surface area (Å²) in [5.41, 5.74) is -0.234. The number of carboxylic acids is 1. The van der Waals surface area contributed by atoms with Gasteiger partial charge in [-0.1, -0.05) is 6.07 Å². The first-order valence-corrected chi connectivity index (χ1v) is 7.77. The Hall–Kier alpha value is -2.37. The molecule has 1 aromatic rings. The average Bonchev–Trinajstić information content (AvgIpc) is 2.62. The molecule has 2 aliphatic rings. The maximum Gasteiger partial charge on any atom is 0.350 e. The molecule has 10 nitrogen and oxygen atoms in total. The highest BCUT2D eigenvalue weighted by molar-refractivity contribution is 6.42. The normalized spacial score (nSPS) is 31.2. The molecule has 1 fully saturated rings. The van der Waals surface area contributed by atoms with Crippen molar-refractivity contribution in [1.82, 2.24) is 0 Å². The van der Waals surface area contributed by atoms with E-state index < -0.39 is 49.1 Å². The minimum Gasteiger partial charge on any atom is -0.477 e. The van der Waals surface area contributed by atoms with E-state index in [9.17, 15) is 30.0 Å². The second kappa shape index (κ2) is 7.09. The molecule has 3 rings (SSSR count). The molecule has 5 N–H and O–H groups in total. The summed E-state index contributed by atoms with van der Waals surface area (Å²) in [5, 5.41) is 47.9. The van der Waals surface area contributed by atoms with E-state index in [0.717, 1.165) is 0 Å². The number of aliphatic hydroxyl groups is 4. The lowest BCUT2D eigenvalue weighted by atomic mass is 9.98. The van der Waals surface area contributed by atoms with E-state index in [1.807, 2.05) is 0 Å². The Morgan fingerprint density at radius 2 is 1.96 bits per heavy atom. The van der Waals surface area contributed by atoms with Crippen molar-refractivity contribution in [2.45, 2.75) is 37.1 Å². The molecule has 0 spiro atoms. The summed E-state index contributed by atoms with van der Waals surface area (Å²) in [5.74, 6) is -1.84. The van der Waals surface area contributed by atoms with Crippen molar-refractivity contribution in [2.24, 2.45) is 4.99 Å². The molecule has 0 unspecified atom stereocenters. The van der Waals surface area contributed by atoms with Crippen LogP contribution in [0.3, 0.4) is 0 Å². The third-order valence-electron chi connectivity index (χ3n) is 4.21. The second-order valence-electron chi connectivity index (χ2n) is 5.93. The number of hydrogen-bond acceptors (Lipinski definition) is 9. The maximum absolute atomic E-state index is 12.1. The topological polar surface area (TPSA) is 166 Å². The molecule has 26 heavy (non-hydrogen) atoms. The number of ether oxygens (including phenoxy) is 2. The van der Waals surface area contributed by atoms with Crippen LogP contribution in [0.1, 0.15) is 16.8 Å². The molecule has 0 bridgehead atoms. The van der Waals surface area contributed by atoms with Crippen molar-refractivity contribution in [3.8, 4) is 5.75 Å². The molecule has 2 aliphatic heterocycles. The van der Waals surface area contributed by atoms with Gasteiger partial charge in [-0.05, 0) is 12.1 Å². The van der Waals surface area contributed by atoms with E-state index in [2.05, 4.69) is 4.99 Å². The first kappa shape index (κ1) is 18.4. The van der Waals surface area contributed by atoms with Crippen LogP contribution in [-0.2, 0) is 9.53 Å². The highest BCUT2D eigenvalue weighted by Gasteiger charge is 2.45. The number of nitrogens with zero attached hydrogens (tertiary/aromatic N) is 1. The van der Waals surface area contributed by atoms with Crippen molar-refractivity contribution < 1.29 is 44.6 Å². The number of hydrogen-bond donors (Lipinski definition) is 5. The Morgan fingerprint density at radius 1 is 1.23 bits per heavy atom. The van der Waals surface area contributed by atoms with Gasteiger partial charge in [-0.15, -0.1) is 0 Å². The number of aliphatic carboxylic acids is 1. The summed E-state index contributed by atoms with van der Waals surface area (Å²) >= 11 is 0. The predicted octanol–water partition coefficient (Wildman–Crippen LogP) is -1.39. The smallest absolute Gasteiger partial charge is 0.350 e. The summed E-state index contributed by atoms with van der Waals surface area (Å²) < 4.78 is 10.7. The second-order valence-corrected chi connectivity index (χ2v) is 5.93. The monoisotopic (exact) mass is 367 g/mol. The summed E-state index contributed by atoms with van der Waals surface area (Å²) in [6.07, 6.45) is -7.82. The van der Waals surface area contributed by atoms with Gasteiger partial charge in [-0.25, -0.2) is 9.79 Å². The van der Waals surface area contributed by atoms with Crippen LogP contribution in [0.5, 0.6) is 5.75 Å². The largest absolute Gasteiger partial charge is 0.477 e. The van der Waals surface area contributed by atoms with Crippen molar-refractivity contribution in [2.75, 3.05) is 6.61 Å². The number of carbonyl (C=O) groups is 2. The number of carboxylic acid groups (broad SMARTS) is 1. The van der Waals surface area contributed by atoms with Gasteiger partial charge in [0.2, 0.25) is 6.29 Å². The Balaban J connectivity index is 1.93. The quantitative estimate of drug-likeness (QED) is 0.430. The van der Waals surface area contributed by atoms with Gasteiger partial charge in [0.1, 0.15) is 41.6 Å². The van der Waals surface area contributed by atoms with Crippen LogP contribution in [0.2, 0.25) is 0 Å². The summed E-state index contributed by atoms with van der Waals surface area (Å²) in [4.78, 5) is 27.2. The van der Waals surface area contributed by atoms with Gasteiger partial charge in [0.15, 0.2) is 5.78 Å². The van der Waals surface area contributed by atoms with Gasteiger partial charge in [0.05, 0.1) is 13.0 Å². The molecule has 0 aliphatic carbocycles. The van der Waals surface area contributed by atoms with Crippen molar-refractivity contribution in [1.29, 1.82) is 0 Å². The third kappa shape index (κ3) is 3.20. The zero-order valence-electron chi connectivity index (χ0n) is 13.3. The third-order valence-corrected chi connectivity index (χ3v) is 4.21. The summed E-state index contributed by atoms with van der Waals surface area (Å²) in [7, 11) is 0. The highest BCUT2D eigenvalue weighted by atomic mass is 16.7. The predicted molar refractivity (Wildman–Crippen MR) is 84.5 cm³/mol. The number of rotatable bonds is 4. The van der Waals surface area contributed by atoms with Gasteiger partial charge in [0.25, 0.3) is 0 Å². The fourth-order valence-electron chi connectivity index (χ4n) is 2.79. The number of benzene rings is 1. The number of aliphatic hydroxyl groups excluding tert-OH is 4. The lowest BCUT2D eigenvalue weighted by Gasteiger charge is -2.39. The van der Waals surface area contributed by atoms with E-state index in [-0.39, 0.29) is 29.1 Å². The van der Waals surface area contributed by atoms with E-state index in [1.54, 1.807) is 0 Å². The molecule has 1 saturated heterocycles. The summed E-state index contributed by atoms with van der Waals surface area (Å²) in [6, 6.07) is 4.33. The number of carbonyl (C=O) groups excluding carboxylic acids is 1. The highest BCUT2D eigenvalue weighted by Crippen LogP contribution is 2.37. The average molecular weight is 367 g/mol. The van der Waals surface area contributed by atoms with Gasteiger partial charge < -0.3 is 35.0 Å². The van der Waals surface area contributed by atoms with E-state index >= 15 is 0 Å². The van der Waals surface area contributed by atoms with Gasteiger partial charge in [-0.2, -0.15) is 0 Å². The Bertz CT molecular complexity index is 760. The molecule has 1 aromatic carbocycles. The molecular formula is C16H17NO9. The van der Waals surface area contributed by atoms with Crippen molar-refractivity contribution >= 4 is 23.2 Å². The van der Waals surface area contributed by atoms with Crippen LogP contribution in [0.4, 0.5) is 5.69 Å². The van der Waals surface area contributed by atoms with Crippen LogP contribution in [-0.4, -0.2) is 80.3 Å². The standard InChI is InChI=1S/C16H17NO9/c18-5-10-12(20)13(21)14(22)16(26-10)25-9-3-1-2-6-8(19)4-7(15(23)24)17-11(6)9/h1-3,10,12-14,16,18,20-22H,4-5H2,(H,23,24)/t10-,12-,13+,14-,16-/m1/s1. The fraction of sp³-hybridized carbons (Fsp3) is 0.438. The molecular weight excluding hydrogens is 350 g/mol. The molecule has 5 atom stereocenters. The number of aliphatic imine (C=N–C) groups is 1. The van der Waals surface area contributed by atoms with Crippen LogP contribution in [0, 0.1) is 0 Å². The Labute approximate surface area is 146 Å². The van der Waals surface area contributed by atoms with Crippen LogP contribution >= 0.6 is 0 Å². The van der Waals surface area contributed by atoms with Crippen LogP contribution < -0.4 is 4.74 Å². The molecule has 10 heteroatoms. The van der Waals surface area contributed by atoms with E-state index in [1.165, 1.54) is 18.2 Å². The number of fused-ring (bicyclic) bond motifs is 1. The van der Waals surface area contributed by atoms with Gasteiger partial charge in [-0.3, -0.25) is 4.79 Å².